The van der Waals surface area contributed by atoms with E-state index in [2.05, 4.69) is 37.9 Å². The first-order valence-corrected chi connectivity index (χ1v) is 4.73. The predicted octanol–water partition coefficient (Wildman–Crippen LogP) is 2.51. The third-order valence-corrected chi connectivity index (χ3v) is 1.06. The van der Waals surface area contributed by atoms with E-state index in [1.54, 1.807) is 0 Å². The molecule has 0 rings (SSSR count). The summed E-state index contributed by atoms with van der Waals surface area (Å²) >= 11 is 5.28. The fourth-order valence-electron chi connectivity index (χ4n) is 0. The van der Waals surface area contributed by atoms with Crippen molar-refractivity contribution in [1.82, 2.24) is 0 Å². The third-order valence-electron chi connectivity index (χ3n) is 0.354. The average molecular weight is 262 g/mol. The van der Waals surface area contributed by atoms with Crippen LogP contribution in [0.15, 0.2) is 0 Å². The molecule has 12 heavy (non-hydrogen) atoms. The second kappa shape index (κ2) is 18.0. The fraction of sp³-hybridized carbons (Fsp3) is 1.00. The van der Waals surface area contributed by atoms with E-state index in [1.807, 2.05) is 13.8 Å². The van der Waals surface area contributed by atoms with Crippen molar-refractivity contribution in [2.45, 2.75) is 39.4 Å². The zero-order valence-electron chi connectivity index (χ0n) is 8.60. The number of hydrogen-bond donors (Lipinski definition) is 1. The van der Waals surface area contributed by atoms with E-state index >= 15 is 0 Å². The van der Waals surface area contributed by atoms with Crippen molar-refractivity contribution in [3.05, 3.63) is 0 Å². The molecule has 0 fully saturated rings. The summed E-state index contributed by atoms with van der Waals surface area (Å²) in [4.78, 5) is 0. The SMILES string of the molecule is CC.CC(C)(C)SN.CO[S-].[Cu+]. The smallest absolute Gasteiger partial charge is 0.624 e. The molecule has 5 heteroatoms. The first kappa shape index (κ1) is 23.2. The van der Waals surface area contributed by atoms with E-state index in [4.69, 9.17) is 5.14 Å². The van der Waals surface area contributed by atoms with Crippen LogP contribution in [-0.2, 0) is 34.2 Å². The molecule has 0 bridgehead atoms. The van der Waals surface area contributed by atoms with Crippen LogP contribution in [-0.4, -0.2) is 11.9 Å². The molecule has 0 saturated carbocycles. The first-order chi connectivity index (χ1) is 4.97. The quantitative estimate of drug-likeness (QED) is 0.413. The summed E-state index contributed by atoms with van der Waals surface area (Å²) in [5.41, 5.74) is 0. The van der Waals surface area contributed by atoms with Crippen LogP contribution in [0.25, 0.3) is 0 Å². The van der Waals surface area contributed by atoms with Gasteiger partial charge in [0.25, 0.3) is 0 Å². The van der Waals surface area contributed by atoms with Crippen molar-refractivity contribution in [3.63, 3.8) is 0 Å². The van der Waals surface area contributed by atoms with Gasteiger partial charge < -0.3 is 17.1 Å². The predicted molar refractivity (Wildman–Crippen MR) is 57.3 cm³/mol. The Morgan fingerprint density at radius 3 is 1.33 bits per heavy atom. The summed E-state index contributed by atoms with van der Waals surface area (Å²) in [7, 11) is 1.44. The molecule has 0 atom stereocenters. The van der Waals surface area contributed by atoms with Crippen molar-refractivity contribution < 1.29 is 21.3 Å². The van der Waals surface area contributed by atoms with Gasteiger partial charge >= 0.3 is 17.1 Å². The topological polar surface area (TPSA) is 35.2 Å². The molecule has 2 N–H and O–H groups in total. The minimum absolute atomic E-state index is 0. The molecule has 0 saturated heterocycles. The fourth-order valence-corrected chi connectivity index (χ4v) is 0. The molecule has 0 unspecified atom stereocenters. The zero-order chi connectivity index (χ0) is 9.91. The largest absolute Gasteiger partial charge is 1.00 e. The Bertz CT molecular complexity index is 59.9. The molecule has 0 aliphatic rings. The molecule has 2 nitrogen and oxygen atoms in total. The van der Waals surface area contributed by atoms with E-state index < -0.39 is 0 Å². The summed E-state index contributed by atoms with van der Waals surface area (Å²) in [6.45, 7) is 10.2. The molecular weight excluding hydrogens is 242 g/mol. The van der Waals surface area contributed by atoms with E-state index in [1.165, 1.54) is 19.1 Å². The van der Waals surface area contributed by atoms with Gasteiger partial charge in [-0.3, -0.25) is 5.14 Å². The number of rotatable bonds is 0. The van der Waals surface area contributed by atoms with Gasteiger partial charge in [0.05, 0.1) is 0 Å². The van der Waals surface area contributed by atoms with Gasteiger partial charge in [-0.15, -0.1) is 0 Å². The Hall–Kier alpha value is 1.14. The summed E-state index contributed by atoms with van der Waals surface area (Å²) in [5.74, 6) is 0. The van der Waals surface area contributed by atoms with Gasteiger partial charge in [-0.25, -0.2) is 0 Å². The van der Waals surface area contributed by atoms with E-state index in [0.29, 0.717) is 0 Å². The molecule has 0 amide bonds. The maximum absolute atomic E-state index is 5.22. The Kier molecular flexibility index (Phi) is 34.8. The minimum Gasteiger partial charge on any atom is -0.624 e. The number of nitrogens with two attached hydrogens (primary N) is 1. The van der Waals surface area contributed by atoms with Crippen molar-refractivity contribution in [2.24, 2.45) is 5.14 Å². The van der Waals surface area contributed by atoms with E-state index in [-0.39, 0.29) is 21.8 Å². The average Bonchev–Trinajstić information content (AvgIpc) is 1.93. The Morgan fingerprint density at radius 2 is 1.33 bits per heavy atom. The van der Waals surface area contributed by atoms with Gasteiger partial charge in [0.2, 0.25) is 0 Å². The molecule has 0 aromatic rings. The molecule has 0 aromatic heterocycles. The number of hydrogen-bond acceptors (Lipinski definition) is 4. The Balaban J connectivity index is -0.0000000462. The Morgan fingerprint density at radius 1 is 1.25 bits per heavy atom. The van der Waals surface area contributed by atoms with Gasteiger partial charge in [-0.05, 0) is 20.8 Å². The van der Waals surface area contributed by atoms with Crippen LogP contribution in [0.3, 0.4) is 0 Å². The van der Waals surface area contributed by atoms with Crippen LogP contribution in [0, 0.1) is 0 Å². The monoisotopic (exact) mass is 261 g/mol. The third kappa shape index (κ3) is 66.8. The molecule has 82 valence electrons. The van der Waals surface area contributed by atoms with Crippen molar-refractivity contribution in [2.75, 3.05) is 7.11 Å². The molecule has 0 aromatic carbocycles. The summed E-state index contributed by atoms with van der Waals surface area (Å²) < 4.78 is 4.07. The standard InChI is InChI=1S/C4H11NS.C2H6.CH4OS.Cu/c1-4(2,3)6-5;1-2;1-2-3;/h5H2,1-3H3;1-2H3;3H,1H3;/q;;;+1/p-1. The molecule has 0 aliphatic heterocycles. The van der Waals surface area contributed by atoms with Crippen molar-refractivity contribution >= 4 is 24.9 Å². The van der Waals surface area contributed by atoms with Gasteiger partial charge in [0.15, 0.2) is 0 Å². The Labute approximate surface area is 97.6 Å². The van der Waals surface area contributed by atoms with Crippen molar-refractivity contribution in [3.8, 4) is 0 Å². The van der Waals surface area contributed by atoms with Gasteiger partial charge in [-0.1, -0.05) is 25.8 Å². The van der Waals surface area contributed by atoms with E-state index in [9.17, 15) is 0 Å². The summed E-state index contributed by atoms with van der Waals surface area (Å²) in [5, 5.41) is 5.22. The summed E-state index contributed by atoms with van der Waals surface area (Å²) in [6.07, 6.45) is 0. The van der Waals surface area contributed by atoms with Crippen LogP contribution in [0.1, 0.15) is 34.6 Å². The molecule has 0 spiro atoms. The van der Waals surface area contributed by atoms with Crippen LogP contribution in [0.2, 0.25) is 0 Å². The molecule has 0 aliphatic carbocycles. The van der Waals surface area contributed by atoms with Gasteiger partial charge in [-0.2, -0.15) is 0 Å². The molecular formula is C7H20CuNOS2. The van der Waals surface area contributed by atoms with Crippen LogP contribution < -0.4 is 5.14 Å². The second-order valence-corrected chi connectivity index (χ2v) is 4.19. The molecule has 0 heterocycles. The normalized spacial score (nSPS) is 8.00. The summed E-state index contributed by atoms with van der Waals surface area (Å²) in [6, 6.07) is 0. The van der Waals surface area contributed by atoms with Crippen molar-refractivity contribution in [1.29, 1.82) is 0 Å². The second-order valence-electron chi connectivity index (χ2n) is 2.40. The van der Waals surface area contributed by atoms with Crippen LogP contribution in [0.5, 0.6) is 0 Å². The molecule has 0 radical (unpaired) electrons. The van der Waals surface area contributed by atoms with Crippen LogP contribution in [0.4, 0.5) is 0 Å². The maximum atomic E-state index is 5.22. The minimum atomic E-state index is 0. The van der Waals surface area contributed by atoms with Gasteiger partial charge in [0.1, 0.15) is 0 Å². The van der Waals surface area contributed by atoms with E-state index in [0.717, 1.165) is 0 Å². The van der Waals surface area contributed by atoms with Crippen LogP contribution >= 0.6 is 11.9 Å². The maximum Gasteiger partial charge on any atom is 1.00 e. The first-order valence-electron chi connectivity index (χ1n) is 3.51. The zero-order valence-corrected chi connectivity index (χ0v) is 11.2. The van der Waals surface area contributed by atoms with Gasteiger partial charge in [0, 0.05) is 11.9 Å².